The summed E-state index contributed by atoms with van der Waals surface area (Å²) in [5, 5.41) is 12.0. The molecule has 1 aliphatic heterocycles. The van der Waals surface area contributed by atoms with Gasteiger partial charge in [-0.15, -0.1) is 0 Å². The Bertz CT molecular complexity index is 998. The molecule has 0 spiro atoms. The van der Waals surface area contributed by atoms with E-state index in [9.17, 15) is 4.39 Å². The summed E-state index contributed by atoms with van der Waals surface area (Å²) in [5.41, 5.74) is 8.97. The number of aromatic nitrogens is 3. The molecule has 0 atom stereocenters. The Labute approximate surface area is 162 Å². The Morgan fingerprint density at radius 1 is 1.11 bits per heavy atom. The lowest BCUT2D eigenvalue weighted by Gasteiger charge is -2.28. The molecule has 0 unspecified atom stereocenters. The topological polar surface area (TPSA) is 104 Å². The number of nitrogens with one attached hydrogen (secondary N) is 2. The summed E-state index contributed by atoms with van der Waals surface area (Å²) < 4.78 is 13.1. The molecule has 28 heavy (non-hydrogen) atoms. The molecule has 142 valence electrons. The number of hydrogen-bond donors (Lipinski definition) is 3. The highest BCUT2D eigenvalue weighted by Crippen LogP contribution is 2.23. The van der Waals surface area contributed by atoms with E-state index in [1.807, 2.05) is 12.1 Å². The van der Waals surface area contributed by atoms with Gasteiger partial charge in [-0.2, -0.15) is 4.39 Å². The van der Waals surface area contributed by atoms with Crippen LogP contribution in [0.2, 0.25) is 0 Å². The largest absolute Gasteiger partial charge is 0.397 e. The van der Waals surface area contributed by atoms with Crippen molar-refractivity contribution in [3.63, 3.8) is 0 Å². The van der Waals surface area contributed by atoms with Gasteiger partial charge in [0.15, 0.2) is 0 Å². The van der Waals surface area contributed by atoms with Crippen LogP contribution >= 0.6 is 0 Å². The van der Waals surface area contributed by atoms with Gasteiger partial charge in [0.05, 0.1) is 29.0 Å². The second-order valence-corrected chi connectivity index (χ2v) is 6.52. The molecule has 3 aromatic heterocycles. The Morgan fingerprint density at radius 2 is 1.93 bits per heavy atom. The van der Waals surface area contributed by atoms with E-state index in [-0.39, 0.29) is 5.71 Å². The minimum atomic E-state index is -0.555. The number of piperazine rings is 1. The highest BCUT2D eigenvalue weighted by atomic mass is 19.1. The minimum absolute atomic E-state index is 0.216. The molecular weight excluding hydrogens is 357 g/mol. The van der Waals surface area contributed by atoms with E-state index < -0.39 is 5.95 Å². The number of nitrogens with two attached hydrogens (primary N) is 1. The summed E-state index contributed by atoms with van der Waals surface area (Å²) in [4.78, 5) is 14.8. The molecule has 1 saturated heterocycles. The molecule has 8 heteroatoms. The Morgan fingerprint density at radius 3 is 2.68 bits per heavy atom. The summed E-state index contributed by atoms with van der Waals surface area (Å²) in [6.07, 6.45) is 2.91. The summed E-state index contributed by atoms with van der Waals surface area (Å²) >= 11 is 0. The van der Waals surface area contributed by atoms with Crippen LogP contribution in [0.15, 0.2) is 48.8 Å². The van der Waals surface area contributed by atoms with Gasteiger partial charge in [0.25, 0.3) is 0 Å². The number of rotatable bonds is 4. The average Bonchev–Trinajstić information content (AvgIpc) is 2.75. The van der Waals surface area contributed by atoms with Gasteiger partial charge in [-0.3, -0.25) is 10.4 Å². The Hall–Kier alpha value is -3.39. The second-order valence-electron chi connectivity index (χ2n) is 6.52. The molecule has 3 aromatic rings. The highest BCUT2D eigenvalue weighted by Gasteiger charge is 2.16. The standard InChI is InChI=1S/C20H20FN7/c21-18-5-4-13(11-26-18)17-10-14(15(22)12-25-17)20(23)16-2-1-3-19(27-16)28-8-6-24-7-9-28/h1-5,10-12,23-24H,6-9,22H2. The van der Waals surface area contributed by atoms with Crippen LogP contribution in [-0.4, -0.2) is 46.8 Å². The predicted molar refractivity (Wildman–Crippen MR) is 107 cm³/mol. The van der Waals surface area contributed by atoms with E-state index in [1.165, 1.54) is 18.5 Å². The maximum Gasteiger partial charge on any atom is 0.212 e. The third-order valence-corrected chi connectivity index (χ3v) is 4.66. The number of hydrogen-bond acceptors (Lipinski definition) is 7. The molecule has 0 aromatic carbocycles. The van der Waals surface area contributed by atoms with Crippen molar-refractivity contribution in [3.8, 4) is 11.3 Å². The van der Waals surface area contributed by atoms with Gasteiger partial charge < -0.3 is 16.0 Å². The first-order chi connectivity index (χ1) is 13.6. The molecular formula is C20H20FN7. The van der Waals surface area contributed by atoms with E-state index in [4.69, 9.17) is 11.1 Å². The minimum Gasteiger partial charge on any atom is -0.397 e. The van der Waals surface area contributed by atoms with Crippen molar-refractivity contribution in [2.24, 2.45) is 0 Å². The van der Waals surface area contributed by atoms with Gasteiger partial charge in [-0.05, 0) is 30.3 Å². The molecule has 1 fully saturated rings. The zero-order chi connectivity index (χ0) is 19.5. The lowest BCUT2D eigenvalue weighted by atomic mass is 10.0. The van der Waals surface area contributed by atoms with E-state index in [1.54, 1.807) is 18.2 Å². The quantitative estimate of drug-likeness (QED) is 0.475. The summed E-state index contributed by atoms with van der Waals surface area (Å²) in [7, 11) is 0. The monoisotopic (exact) mass is 377 g/mol. The molecule has 4 heterocycles. The Kier molecular flexibility index (Phi) is 4.94. The number of nitrogens with zero attached hydrogens (tertiary/aromatic N) is 4. The van der Waals surface area contributed by atoms with Gasteiger partial charge in [0.2, 0.25) is 5.95 Å². The van der Waals surface area contributed by atoms with Crippen LogP contribution in [0.3, 0.4) is 0 Å². The highest BCUT2D eigenvalue weighted by molar-refractivity contribution is 6.13. The molecule has 4 N–H and O–H groups in total. The van der Waals surface area contributed by atoms with Crippen LogP contribution in [0.1, 0.15) is 11.3 Å². The maximum absolute atomic E-state index is 13.1. The SMILES string of the molecule is N=C(c1cccc(N2CCNCC2)n1)c1cc(-c2ccc(F)nc2)ncc1N. The average molecular weight is 377 g/mol. The van der Waals surface area contributed by atoms with E-state index in [2.05, 4.69) is 25.2 Å². The van der Waals surface area contributed by atoms with Crippen molar-refractivity contribution >= 4 is 17.2 Å². The van der Waals surface area contributed by atoms with Crippen LogP contribution in [0, 0.1) is 11.4 Å². The number of nitrogen functional groups attached to an aromatic ring is 1. The van der Waals surface area contributed by atoms with Crippen LogP contribution in [0.4, 0.5) is 15.9 Å². The van der Waals surface area contributed by atoms with Crippen molar-refractivity contribution in [2.45, 2.75) is 0 Å². The van der Waals surface area contributed by atoms with E-state index in [0.29, 0.717) is 28.2 Å². The zero-order valence-electron chi connectivity index (χ0n) is 15.2. The fourth-order valence-electron chi connectivity index (χ4n) is 3.14. The van der Waals surface area contributed by atoms with Crippen LogP contribution in [0.25, 0.3) is 11.3 Å². The smallest absolute Gasteiger partial charge is 0.212 e. The van der Waals surface area contributed by atoms with Gasteiger partial charge in [0.1, 0.15) is 5.82 Å². The first-order valence-corrected chi connectivity index (χ1v) is 9.01. The van der Waals surface area contributed by atoms with Crippen molar-refractivity contribution < 1.29 is 4.39 Å². The zero-order valence-corrected chi connectivity index (χ0v) is 15.2. The van der Waals surface area contributed by atoms with Crippen LogP contribution in [-0.2, 0) is 0 Å². The van der Waals surface area contributed by atoms with Crippen molar-refractivity contribution in [3.05, 3.63) is 66.0 Å². The molecule has 0 bridgehead atoms. The number of anilines is 2. The first-order valence-electron chi connectivity index (χ1n) is 9.01. The molecule has 0 radical (unpaired) electrons. The van der Waals surface area contributed by atoms with Crippen molar-refractivity contribution in [1.82, 2.24) is 20.3 Å². The van der Waals surface area contributed by atoms with E-state index >= 15 is 0 Å². The molecule has 4 rings (SSSR count). The number of halogens is 1. The third-order valence-electron chi connectivity index (χ3n) is 4.66. The summed E-state index contributed by atoms with van der Waals surface area (Å²) in [5.74, 6) is 0.292. The first kappa shape index (κ1) is 18.0. The molecule has 0 aliphatic carbocycles. The fraction of sp³-hybridized carbons (Fsp3) is 0.200. The van der Waals surface area contributed by atoms with Crippen molar-refractivity contribution in [2.75, 3.05) is 36.8 Å². The lowest BCUT2D eigenvalue weighted by molar-refractivity contribution is 0.584. The summed E-state index contributed by atoms with van der Waals surface area (Å²) in [6, 6.07) is 10.2. The van der Waals surface area contributed by atoms with Crippen LogP contribution < -0.4 is 16.0 Å². The molecule has 1 aliphatic rings. The number of pyridine rings is 3. The second kappa shape index (κ2) is 7.69. The molecule has 0 amide bonds. The van der Waals surface area contributed by atoms with E-state index in [0.717, 1.165) is 32.0 Å². The molecule has 7 nitrogen and oxygen atoms in total. The van der Waals surface area contributed by atoms with Crippen LogP contribution in [0.5, 0.6) is 0 Å². The normalized spacial score (nSPS) is 14.1. The third kappa shape index (κ3) is 3.67. The predicted octanol–water partition coefficient (Wildman–Crippen LogP) is 2.09. The fourth-order valence-corrected chi connectivity index (χ4v) is 3.14. The maximum atomic E-state index is 13.1. The lowest BCUT2D eigenvalue weighted by Crippen LogP contribution is -2.44. The Balaban J connectivity index is 1.66. The van der Waals surface area contributed by atoms with Crippen molar-refractivity contribution in [1.29, 1.82) is 5.41 Å². The van der Waals surface area contributed by atoms with Gasteiger partial charge in [-0.25, -0.2) is 9.97 Å². The molecule has 0 saturated carbocycles. The summed E-state index contributed by atoms with van der Waals surface area (Å²) in [6.45, 7) is 3.58. The van der Waals surface area contributed by atoms with Gasteiger partial charge in [-0.1, -0.05) is 6.07 Å². The van der Waals surface area contributed by atoms with Gasteiger partial charge >= 0.3 is 0 Å². The van der Waals surface area contributed by atoms with Gasteiger partial charge in [0, 0.05) is 43.5 Å².